The minimum atomic E-state index is -2.03. The van der Waals surface area contributed by atoms with Crippen molar-refractivity contribution in [2.24, 2.45) is 5.92 Å². The Bertz CT molecular complexity index is 303. The Morgan fingerprint density at radius 2 is 2.13 bits per heavy atom. The van der Waals surface area contributed by atoms with Crippen molar-refractivity contribution in [1.82, 2.24) is 9.62 Å². The third-order valence-corrected chi connectivity index (χ3v) is 3.69. The molecule has 0 spiro atoms. The van der Waals surface area contributed by atoms with Crippen LogP contribution in [-0.2, 0) is 9.71 Å². The molecule has 0 saturated carbocycles. The molecule has 1 saturated heterocycles. The molecule has 0 aromatic carbocycles. The van der Waals surface area contributed by atoms with E-state index in [9.17, 15) is 4.21 Å². The lowest BCUT2D eigenvalue weighted by molar-refractivity contribution is 0.168. The molecule has 1 heterocycles. The summed E-state index contributed by atoms with van der Waals surface area (Å²) in [5.41, 5.74) is 0.257. The summed E-state index contributed by atoms with van der Waals surface area (Å²) in [4.78, 5) is 2.49. The minimum absolute atomic E-state index is 0.257. The Kier molecular flexibility index (Phi) is 3.85. The van der Waals surface area contributed by atoms with Gasteiger partial charge in [-0.3, -0.25) is 9.11 Å². The molecule has 0 amide bonds. The van der Waals surface area contributed by atoms with Gasteiger partial charge >= 0.3 is 0 Å². The largest absolute Gasteiger partial charge is 0.298 e. The molecule has 0 aromatic heterocycles. The highest BCUT2D eigenvalue weighted by atomic mass is 32.2. The Balaban J connectivity index is 2.38. The third kappa shape index (κ3) is 4.53. The van der Waals surface area contributed by atoms with Gasteiger partial charge in [0.15, 0.2) is 0 Å². The number of nitrogens with one attached hydrogen (secondary N) is 1. The molecular weight excluding hydrogens is 208 g/mol. The fourth-order valence-electron chi connectivity index (χ4n) is 1.90. The summed E-state index contributed by atoms with van der Waals surface area (Å²) in [6, 6.07) is 0. The summed E-state index contributed by atoms with van der Waals surface area (Å²) in [6.45, 7) is 9.81. The molecule has 90 valence electrons. The summed E-state index contributed by atoms with van der Waals surface area (Å²) in [5, 5.41) is 0. The van der Waals surface area contributed by atoms with E-state index in [4.69, 9.17) is 0 Å². The van der Waals surface area contributed by atoms with Crippen LogP contribution in [0, 0.1) is 5.92 Å². The van der Waals surface area contributed by atoms with Crippen LogP contribution in [0.15, 0.2) is 0 Å². The zero-order valence-corrected chi connectivity index (χ0v) is 11.2. The molecule has 1 fully saturated rings. The molecule has 1 N–H and O–H groups in total. The second-order valence-corrected chi connectivity index (χ2v) is 7.92. The van der Waals surface area contributed by atoms with Crippen LogP contribution in [0.1, 0.15) is 27.2 Å². The van der Waals surface area contributed by atoms with Crippen LogP contribution in [0.2, 0.25) is 0 Å². The summed E-state index contributed by atoms with van der Waals surface area (Å²) in [5.74, 6) is 4.22. The van der Waals surface area contributed by atoms with E-state index in [0.29, 0.717) is 5.92 Å². The van der Waals surface area contributed by atoms with Crippen molar-refractivity contribution >= 4 is 15.6 Å². The second-order valence-electron chi connectivity index (χ2n) is 5.62. The fraction of sp³-hybridized carbons (Fsp3) is 0.909. The Hall–Kier alpha value is -0.0600. The minimum Gasteiger partial charge on any atom is -0.298 e. The molecule has 0 radical (unpaired) electrons. The molecule has 1 aliphatic heterocycles. The van der Waals surface area contributed by atoms with E-state index >= 15 is 0 Å². The van der Waals surface area contributed by atoms with Crippen LogP contribution in [0.3, 0.4) is 0 Å². The van der Waals surface area contributed by atoms with Gasteiger partial charge in [-0.2, -0.15) is 0 Å². The predicted octanol–water partition coefficient (Wildman–Crippen LogP) is 0.958. The first-order valence-corrected chi connectivity index (χ1v) is 7.64. The van der Waals surface area contributed by atoms with Gasteiger partial charge in [0, 0.05) is 34.6 Å². The molecule has 0 aliphatic carbocycles. The highest BCUT2D eigenvalue weighted by molar-refractivity contribution is 7.97. The quantitative estimate of drug-likeness (QED) is 0.735. The van der Waals surface area contributed by atoms with Crippen molar-refractivity contribution in [3.05, 3.63) is 0 Å². The first kappa shape index (κ1) is 13.0. The van der Waals surface area contributed by atoms with Gasteiger partial charge in [-0.1, -0.05) is 0 Å². The molecule has 2 unspecified atom stereocenters. The molecule has 3 nitrogen and oxygen atoms in total. The molecule has 2 atom stereocenters. The van der Waals surface area contributed by atoms with Gasteiger partial charge in [-0.25, -0.2) is 4.72 Å². The molecule has 15 heavy (non-hydrogen) atoms. The standard InChI is InChI=1S/C11H24N2OS/c1-11(2,3)13-7-6-10(9-13)8-12-15(4,5)14/h10H,4,6-9H2,1-3,5H3,(H,12,14). The van der Waals surface area contributed by atoms with Crippen LogP contribution in [-0.4, -0.2) is 46.4 Å². The van der Waals surface area contributed by atoms with E-state index in [1.165, 1.54) is 6.42 Å². The van der Waals surface area contributed by atoms with Crippen LogP contribution < -0.4 is 4.72 Å². The molecule has 0 bridgehead atoms. The third-order valence-electron chi connectivity index (χ3n) is 2.91. The van der Waals surface area contributed by atoms with E-state index in [2.05, 4.69) is 36.3 Å². The lowest BCUT2D eigenvalue weighted by atomic mass is 10.1. The summed E-state index contributed by atoms with van der Waals surface area (Å²) >= 11 is 0. The number of likely N-dealkylation sites (tertiary alicyclic amines) is 1. The monoisotopic (exact) mass is 232 g/mol. The zero-order chi connectivity index (χ0) is 11.7. The van der Waals surface area contributed by atoms with Gasteiger partial charge in [0.1, 0.15) is 0 Å². The summed E-state index contributed by atoms with van der Waals surface area (Å²) in [6.07, 6.45) is 2.85. The van der Waals surface area contributed by atoms with E-state index in [0.717, 1.165) is 19.6 Å². The maximum Gasteiger partial charge on any atom is 0.0220 e. The van der Waals surface area contributed by atoms with Crippen molar-refractivity contribution in [3.8, 4) is 0 Å². The first-order valence-electron chi connectivity index (χ1n) is 5.50. The summed E-state index contributed by atoms with van der Waals surface area (Å²) in [7, 11) is -2.03. The van der Waals surface area contributed by atoms with Gasteiger partial charge in [0.25, 0.3) is 0 Å². The molecular formula is C11H24N2OS. The average Bonchev–Trinajstić information content (AvgIpc) is 2.45. The lowest BCUT2D eigenvalue weighted by Gasteiger charge is -2.31. The zero-order valence-electron chi connectivity index (χ0n) is 10.4. The SMILES string of the molecule is C=S(C)(=O)NCC1CCN(C(C)(C)C)C1. The van der Waals surface area contributed by atoms with Gasteiger partial charge in [-0.15, -0.1) is 0 Å². The van der Waals surface area contributed by atoms with Crippen LogP contribution in [0.25, 0.3) is 0 Å². The second kappa shape index (κ2) is 4.44. The Labute approximate surface area is 94.4 Å². The van der Waals surface area contributed by atoms with Crippen LogP contribution >= 0.6 is 0 Å². The highest BCUT2D eigenvalue weighted by Crippen LogP contribution is 2.23. The maximum atomic E-state index is 11.4. The van der Waals surface area contributed by atoms with Crippen molar-refractivity contribution in [2.45, 2.75) is 32.7 Å². The molecule has 4 heteroatoms. The number of rotatable bonds is 3. The van der Waals surface area contributed by atoms with Gasteiger partial charge in [0.05, 0.1) is 0 Å². The average molecular weight is 232 g/mol. The van der Waals surface area contributed by atoms with Gasteiger partial charge in [-0.05, 0) is 45.5 Å². The smallest absolute Gasteiger partial charge is 0.0220 e. The summed E-state index contributed by atoms with van der Waals surface area (Å²) < 4.78 is 14.4. The van der Waals surface area contributed by atoms with E-state index in [-0.39, 0.29) is 5.54 Å². The van der Waals surface area contributed by atoms with Crippen molar-refractivity contribution < 1.29 is 4.21 Å². The van der Waals surface area contributed by atoms with E-state index in [1.807, 2.05) is 0 Å². The lowest BCUT2D eigenvalue weighted by Crippen LogP contribution is -2.40. The maximum absolute atomic E-state index is 11.4. The number of hydrogen-bond donors (Lipinski definition) is 1. The van der Waals surface area contributed by atoms with E-state index < -0.39 is 9.71 Å². The van der Waals surface area contributed by atoms with Crippen molar-refractivity contribution in [3.63, 3.8) is 0 Å². The number of hydrogen-bond acceptors (Lipinski definition) is 2. The normalized spacial score (nSPS) is 27.9. The molecule has 1 rings (SSSR count). The van der Waals surface area contributed by atoms with Gasteiger partial charge in [0.2, 0.25) is 0 Å². The fourth-order valence-corrected chi connectivity index (χ4v) is 2.49. The highest BCUT2D eigenvalue weighted by Gasteiger charge is 2.29. The topological polar surface area (TPSA) is 32.3 Å². The molecule has 1 aliphatic rings. The van der Waals surface area contributed by atoms with Gasteiger partial charge < -0.3 is 0 Å². The molecule has 0 aromatic rings. The Morgan fingerprint density at radius 3 is 2.53 bits per heavy atom. The van der Waals surface area contributed by atoms with Crippen LogP contribution in [0.5, 0.6) is 0 Å². The number of nitrogens with zero attached hydrogens (tertiary/aromatic N) is 1. The Morgan fingerprint density at radius 1 is 1.53 bits per heavy atom. The van der Waals surface area contributed by atoms with Crippen molar-refractivity contribution in [2.75, 3.05) is 25.9 Å². The first-order chi connectivity index (χ1) is 6.68. The van der Waals surface area contributed by atoms with E-state index in [1.54, 1.807) is 6.26 Å². The van der Waals surface area contributed by atoms with Crippen molar-refractivity contribution in [1.29, 1.82) is 0 Å². The predicted molar refractivity (Wildman–Crippen MR) is 68.6 cm³/mol. The van der Waals surface area contributed by atoms with Crippen LogP contribution in [0.4, 0.5) is 0 Å².